The molecule has 0 saturated carbocycles. The van der Waals surface area contributed by atoms with Crippen molar-refractivity contribution in [3.63, 3.8) is 0 Å². The Balaban J connectivity index is 1.70. The molecule has 2 heterocycles. The van der Waals surface area contributed by atoms with Crippen molar-refractivity contribution in [2.75, 3.05) is 0 Å². The summed E-state index contributed by atoms with van der Waals surface area (Å²) < 4.78 is 2.36. The topological polar surface area (TPSA) is 37.5 Å². The van der Waals surface area contributed by atoms with Crippen molar-refractivity contribution in [2.24, 2.45) is 4.99 Å². The Labute approximate surface area is 171 Å². The van der Waals surface area contributed by atoms with Gasteiger partial charge in [0.15, 0.2) is 3.95 Å². The first kappa shape index (κ1) is 17.1. The fourth-order valence-electron chi connectivity index (χ4n) is 3.64. The van der Waals surface area contributed by atoms with Gasteiger partial charge in [-0.25, -0.2) is 0 Å². The molecule has 28 heavy (non-hydrogen) atoms. The third-order valence-electron chi connectivity index (χ3n) is 4.97. The van der Waals surface area contributed by atoms with Crippen LogP contribution in [0.1, 0.15) is 17.4 Å². The van der Waals surface area contributed by atoms with E-state index in [-0.39, 0.29) is 5.88 Å². The van der Waals surface area contributed by atoms with E-state index in [4.69, 9.17) is 12.2 Å². The molecule has 0 spiro atoms. The average molecular weight is 401 g/mol. The molecule has 4 aromatic rings. The van der Waals surface area contributed by atoms with Crippen LogP contribution in [0, 0.1) is 3.95 Å². The third kappa shape index (κ3) is 2.63. The number of fused-ring (bicyclic) bond motifs is 2. The monoisotopic (exact) mass is 400 g/mol. The average Bonchev–Trinajstić information content (AvgIpc) is 3.17. The molecule has 0 unspecified atom stereocenters. The maximum atomic E-state index is 11.0. The van der Waals surface area contributed by atoms with Crippen LogP contribution < -0.4 is 0 Å². The zero-order valence-corrected chi connectivity index (χ0v) is 16.7. The van der Waals surface area contributed by atoms with Crippen LogP contribution >= 0.6 is 23.6 Å². The Kier molecular flexibility index (Phi) is 4.00. The second kappa shape index (κ2) is 6.55. The summed E-state index contributed by atoms with van der Waals surface area (Å²) >= 11 is 7.02. The van der Waals surface area contributed by atoms with Crippen LogP contribution in [0.4, 0.5) is 5.69 Å². The van der Waals surface area contributed by atoms with E-state index >= 15 is 0 Å². The lowest BCUT2D eigenvalue weighted by Crippen LogP contribution is -1.95. The minimum Gasteiger partial charge on any atom is -0.493 e. The van der Waals surface area contributed by atoms with Crippen LogP contribution in [-0.2, 0) is 0 Å². The quantitative estimate of drug-likeness (QED) is 0.377. The molecule has 0 fully saturated rings. The van der Waals surface area contributed by atoms with Gasteiger partial charge in [0, 0.05) is 22.2 Å². The predicted octanol–water partition coefficient (Wildman–Crippen LogP) is 6.77. The van der Waals surface area contributed by atoms with Crippen LogP contribution in [0.5, 0.6) is 5.88 Å². The number of para-hydroxylation sites is 1. The largest absolute Gasteiger partial charge is 0.493 e. The molecule has 0 atom stereocenters. The lowest BCUT2D eigenvalue weighted by atomic mass is 10.0. The number of hydrogen-bond donors (Lipinski definition) is 1. The van der Waals surface area contributed by atoms with Gasteiger partial charge in [-0.15, -0.1) is 11.3 Å². The van der Waals surface area contributed by atoms with Crippen molar-refractivity contribution in [1.29, 1.82) is 0 Å². The van der Waals surface area contributed by atoms with E-state index in [1.54, 1.807) is 4.57 Å². The molecule has 0 amide bonds. The first-order chi connectivity index (χ1) is 13.6. The third-order valence-corrected chi connectivity index (χ3v) is 6.28. The Morgan fingerprint density at radius 2 is 1.75 bits per heavy atom. The fraction of sp³-hybridized carbons (Fsp3) is 0.0435. The normalized spacial score (nSPS) is 14.5. The Hall–Kier alpha value is -3.02. The standard InChI is InChI=1S/C23H16N2OS2/c1-14-18(17-10-4-5-11-19(17)24-14)13-21-22(26)25(23(27)28-21)20-12-6-8-15-7-2-3-9-16(15)20/h2-13,26H,1H3. The number of thiazole rings is 1. The van der Waals surface area contributed by atoms with Gasteiger partial charge in [0.05, 0.1) is 16.3 Å². The highest BCUT2D eigenvalue weighted by molar-refractivity contribution is 7.73. The summed E-state index contributed by atoms with van der Waals surface area (Å²) in [6, 6.07) is 22.2. The molecular formula is C23H16N2OS2. The van der Waals surface area contributed by atoms with Crippen molar-refractivity contribution in [3.8, 4) is 11.6 Å². The zero-order chi connectivity index (χ0) is 19.3. The number of allylic oxidation sites excluding steroid dienone is 1. The first-order valence-electron chi connectivity index (χ1n) is 8.93. The molecule has 1 aliphatic heterocycles. The Morgan fingerprint density at radius 1 is 1.00 bits per heavy atom. The van der Waals surface area contributed by atoms with Crippen molar-refractivity contribution in [3.05, 3.63) is 81.1 Å². The van der Waals surface area contributed by atoms with E-state index < -0.39 is 0 Å². The summed E-state index contributed by atoms with van der Waals surface area (Å²) in [4.78, 5) is 5.36. The molecule has 1 N–H and O–H groups in total. The van der Waals surface area contributed by atoms with Gasteiger partial charge in [-0.2, -0.15) is 0 Å². The van der Waals surface area contributed by atoms with Crippen molar-refractivity contribution in [1.82, 2.24) is 4.57 Å². The summed E-state index contributed by atoms with van der Waals surface area (Å²) in [7, 11) is 0. The Morgan fingerprint density at radius 3 is 2.64 bits per heavy atom. The zero-order valence-electron chi connectivity index (χ0n) is 15.1. The maximum absolute atomic E-state index is 11.0. The molecule has 1 aromatic heterocycles. The van der Waals surface area contributed by atoms with Crippen molar-refractivity contribution < 1.29 is 5.11 Å². The second-order valence-corrected chi connectivity index (χ2v) is 8.34. The number of benzene rings is 3. The fourth-order valence-corrected chi connectivity index (χ4v) is 4.92. The van der Waals surface area contributed by atoms with E-state index in [0.29, 0.717) is 3.95 Å². The molecule has 3 nitrogen and oxygen atoms in total. The predicted molar refractivity (Wildman–Crippen MR) is 121 cm³/mol. The van der Waals surface area contributed by atoms with Crippen LogP contribution in [0.2, 0.25) is 0 Å². The number of aromatic hydroxyl groups is 1. The number of aromatic nitrogens is 1. The van der Waals surface area contributed by atoms with E-state index in [9.17, 15) is 5.11 Å². The minimum absolute atomic E-state index is 0.163. The molecule has 0 saturated heterocycles. The van der Waals surface area contributed by atoms with Crippen molar-refractivity contribution in [2.45, 2.75) is 6.92 Å². The smallest absolute Gasteiger partial charge is 0.215 e. The van der Waals surface area contributed by atoms with Gasteiger partial charge in [-0.1, -0.05) is 54.6 Å². The van der Waals surface area contributed by atoms with Gasteiger partial charge in [0.1, 0.15) is 0 Å². The van der Waals surface area contributed by atoms with E-state index in [2.05, 4.69) is 23.2 Å². The van der Waals surface area contributed by atoms with Crippen molar-refractivity contribution >= 4 is 57.4 Å². The second-order valence-electron chi connectivity index (χ2n) is 6.66. The highest BCUT2D eigenvalue weighted by atomic mass is 32.1. The van der Waals surface area contributed by atoms with Crippen LogP contribution in [-0.4, -0.2) is 15.4 Å². The molecule has 0 bridgehead atoms. The van der Waals surface area contributed by atoms with E-state index in [0.717, 1.165) is 43.9 Å². The lowest BCUT2D eigenvalue weighted by Gasteiger charge is -2.09. The van der Waals surface area contributed by atoms with Gasteiger partial charge >= 0.3 is 0 Å². The molecule has 0 radical (unpaired) electrons. The molecule has 1 aliphatic rings. The van der Waals surface area contributed by atoms with Gasteiger partial charge < -0.3 is 5.11 Å². The highest BCUT2D eigenvalue weighted by Gasteiger charge is 2.20. The van der Waals surface area contributed by atoms with E-state index in [1.807, 2.05) is 61.5 Å². The molecule has 136 valence electrons. The first-order valence-corrected chi connectivity index (χ1v) is 10.2. The minimum atomic E-state index is 0.163. The summed E-state index contributed by atoms with van der Waals surface area (Å²) in [5.74, 6) is 0.163. The van der Waals surface area contributed by atoms with Crippen LogP contribution in [0.15, 0.2) is 71.7 Å². The molecule has 5 heteroatoms. The molecular weight excluding hydrogens is 384 g/mol. The van der Waals surface area contributed by atoms with Crippen LogP contribution in [0.25, 0.3) is 28.1 Å². The van der Waals surface area contributed by atoms with Gasteiger partial charge in [-0.05, 0) is 42.7 Å². The van der Waals surface area contributed by atoms with Gasteiger partial charge in [-0.3, -0.25) is 9.56 Å². The molecule has 3 aromatic carbocycles. The van der Waals surface area contributed by atoms with Gasteiger partial charge in [0.2, 0.25) is 5.88 Å². The number of aliphatic imine (C=N–C) groups is 1. The molecule has 5 rings (SSSR count). The van der Waals surface area contributed by atoms with E-state index in [1.165, 1.54) is 11.3 Å². The summed E-state index contributed by atoms with van der Waals surface area (Å²) in [6.45, 7) is 1.99. The SMILES string of the molecule is CC1=Nc2ccccc2C1=Cc1sc(=S)n(-c2cccc3ccccc23)c1O. The number of rotatable bonds is 2. The number of hydrogen-bond acceptors (Lipinski definition) is 4. The van der Waals surface area contributed by atoms with Gasteiger partial charge in [0.25, 0.3) is 0 Å². The maximum Gasteiger partial charge on any atom is 0.215 e. The van der Waals surface area contributed by atoms with Crippen LogP contribution in [0.3, 0.4) is 0 Å². The lowest BCUT2D eigenvalue weighted by molar-refractivity contribution is 0.441. The highest BCUT2D eigenvalue weighted by Crippen LogP contribution is 2.39. The summed E-state index contributed by atoms with van der Waals surface area (Å²) in [6.07, 6.45) is 1.99. The molecule has 0 aliphatic carbocycles. The summed E-state index contributed by atoms with van der Waals surface area (Å²) in [5, 5.41) is 13.2. The number of nitrogens with zero attached hydrogens (tertiary/aromatic N) is 2. The summed E-state index contributed by atoms with van der Waals surface area (Å²) in [5.41, 5.74) is 4.89. The Bertz CT molecular complexity index is 1350.